The van der Waals surface area contributed by atoms with Gasteiger partial charge in [-0.05, 0) is 38.1 Å². The van der Waals surface area contributed by atoms with Gasteiger partial charge in [0.15, 0.2) is 0 Å². The number of rotatable bonds is 3. The standard InChI is InChI=1S/C13H15BrN2O/c1-13(2,9-14)16(3)12(17)11-6-4-10(8-15)5-7-11/h4-7H,9H2,1-3H3. The molecule has 3 nitrogen and oxygen atoms in total. The Hall–Kier alpha value is -1.34. The second-order valence-corrected chi connectivity index (χ2v) is 5.06. The second-order valence-electron chi connectivity index (χ2n) is 4.50. The molecule has 0 unspecified atom stereocenters. The van der Waals surface area contributed by atoms with Crippen LogP contribution in [0.15, 0.2) is 24.3 Å². The van der Waals surface area contributed by atoms with E-state index >= 15 is 0 Å². The smallest absolute Gasteiger partial charge is 0.254 e. The average molecular weight is 295 g/mol. The van der Waals surface area contributed by atoms with Gasteiger partial charge in [0.2, 0.25) is 0 Å². The largest absolute Gasteiger partial charge is 0.336 e. The van der Waals surface area contributed by atoms with E-state index in [0.29, 0.717) is 16.5 Å². The number of hydrogen-bond donors (Lipinski definition) is 0. The van der Waals surface area contributed by atoms with Gasteiger partial charge >= 0.3 is 0 Å². The van der Waals surface area contributed by atoms with Crippen LogP contribution in [0.2, 0.25) is 0 Å². The number of nitriles is 1. The zero-order chi connectivity index (χ0) is 13.1. The summed E-state index contributed by atoms with van der Waals surface area (Å²) in [6, 6.07) is 8.71. The second kappa shape index (κ2) is 5.33. The van der Waals surface area contributed by atoms with Crippen molar-refractivity contribution in [3.8, 4) is 6.07 Å². The van der Waals surface area contributed by atoms with E-state index in [2.05, 4.69) is 15.9 Å². The van der Waals surface area contributed by atoms with E-state index in [-0.39, 0.29) is 11.4 Å². The average Bonchev–Trinajstić information content (AvgIpc) is 2.37. The van der Waals surface area contributed by atoms with E-state index in [4.69, 9.17) is 5.26 Å². The number of hydrogen-bond acceptors (Lipinski definition) is 2. The SMILES string of the molecule is CN(C(=O)c1ccc(C#N)cc1)C(C)(C)CBr. The van der Waals surface area contributed by atoms with Crippen LogP contribution in [0.25, 0.3) is 0 Å². The third kappa shape index (κ3) is 3.07. The highest BCUT2D eigenvalue weighted by molar-refractivity contribution is 9.09. The van der Waals surface area contributed by atoms with Crippen LogP contribution in [0, 0.1) is 11.3 Å². The van der Waals surface area contributed by atoms with Crippen LogP contribution < -0.4 is 0 Å². The third-order valence-electron chi connectivity index (χ3n) is 2.80. The Morgan fingerprint density at radius 3 is 2.35 bits per heavy atom. The summed E-state index contributed by atoms with van der Waals surface area (Å²) in [6.45, 7) is 3.98. The Labute approximate surface area is 110 Å². The van der Waals surface area contributed by atoms with Crippen molar-refractivity contribution in [3.05, 3.63) is 35.4 Å². The summed E-state index contributed by atoms with van der Waals surface area (Å²) in [5, 5.41) is 9.40. The quantitative estimate of drug-likeness (QED) is 0.805. The van der Waals surface area contributed by atoms with Gasteiger partial charge in [0.1, 0.15) is 0 Å². The van der Waals surface area contributed by atoms with Gasteiger partial charge in [-0.1, -0.05) is 15.9 Å². The highest BCUT2D eigenvalue weighted by atomic mass is 79.9. The minimum Gasteiger partial charge on any atom is -0.336 e. The predicted molar refractivity (Wildman–Crippen MR) is 71.1 cm³/mol. The molecule has 0 fully saturated rings. The zero-order valence-corrected chi connectivity index (χ0v) is 11.8. The molecule has 0 spiro atoms. The van der Waals surface area contributed by atoms with Crippen molar-refractivity contribution in [1.29, 1.82) is 5.26 Å². The fourth-order valence-corrected chi connectivity index (χ4v) is 1.62. The van der Waals surface area contributed by atoms with Crippen LogP contribution in [0.5, 0.6) is 0 Å². The van der Waals surface area contributed by atoms with E-state index in [9.17, 15) is 4.79 Å². The molecule has 1 aromatic carbocycles. The predicted octanol–water partition coefficient (Wildman–Crippen LogP) is 2.80. The van der Waals surface area contributed by atoms with E-state index in [1.807, 2.05) is 19.9 Å². The molecule has 0 radical (unpaired) electrons. The van der Waals surface area contributed by atoms with Crippen LogP contribution >= 0.6 is 15.9 Å². The fraction of sp³-hybridized carbons (Fsp3) is 0.385. The van der Waals surface area contributed by atoms with Gasteiger partial charge in [-0.3, -0.25) is 4.79 Å². The van der Waals surface area contributed by atoms with E-state index < -0.39 is 0 Å². The number of halogens is 1. The lowest BCUT2D eigenvalue weighted by Gasteiger charge is -2.34. The maximum Gasteiger partial charge on any atom is 0.254 e. The minimum absolute atomic E-state index is 0.0426. The summed E-state index contributed by atoms with van der Waals surface area (Å²) in [7, 11) is 1.78. The highest BCUT2D eigenvalue weighted by Crippen LogP contribution is 2.18. The van der Waals surface area contributed by atoms with E-state index in [1.54, 1.807) is 36.2 Å². The maximum atomic E-state index is 12.2. The molecule has 0 heterocycles. The molecule has 0 aliphatic carbocycles. The summed E-state index contributed by atoms with van der Waals surface area (Å²) in [5.74, 6) is -0.0426. The molecule has 1 rings (SSSR count). The maximum absolute atomic E-state index is 12.2. The van der Waals surface area contributed by atoms with Crippen molar-refractivity contribution in [1.82, 2.24) is 4.90 Å². The van der Waals surface area contributed by atoms with Crippen molar-refractivity contribution >= 4 is 21.8 Å². The number of carbonyl (C=O) groups excluding carboxylic acids is 1. The van der Waals surface area contributed by atoms with Crippen LogP contribution in [0.4, 0.5) is 0 Å². The highest BCUT2D eigenvalue weighted by Gasteiger charge is 2.26. The van der Waals surface area contributed by atoms with Crippen LogP contribution in [0.3, 0.4) is 0 Å². The van der Waals surface area contributed by atoms with E-state index in [0.717, 1.165) is 0 Å². The Kier molecular flexibility index (Phi) is 4.30. The molecular formula is C13H15BrN2O. The first-order chi connectivity index (χ1) is 7.92. The molecule has 0 aromatic heterocycles. The molecule has 90 valence electrons. The van der Waals surface area contributed by atoms with Crippen LogP contribution in [-0.4, -0.2) is 28.7 Å². The molecule has 0 saturated carbocycles. The van der Waals surface area contributed by atoms with Gasteiger partial charge in [-0.15, -0.1) is 0 Å². The van der Waals surface area contributed by atoms with Crippen LogP contribution in [0.1, 0.15) is 29.8 Å². The zero-order valence-electron chi connectivity index (χ0n) is 10.2. The number of alkyl halides is 1. The van der Waals surface area contributed by atoms with Crippen molar-refractivity contribution in [2.24, 2.45) is 0 Å². The lowest BCUT2D eigenvalue weighted by molar-refractivity contribution is 0.0663. The normalized spacial score (nSPS) is 10.8. The summed E-state index contributed by atoms with van der Waals surface area (Å²) < 4.78 is 0. The van der Waals surface area contributed by atoms with Gasteiger partial charge in [-0.25, -0.2) is 0 Å². The number of nitrogens with zero attached hydrogens (tertiary/aromatic N) is 2. The molecule has 4 heteroatoms. The minimum atomic E-state index is -0.245. The Balaban J connectivity index is 2.93. The lowest BCUT2D eigenvalue weighted by atomic mass is 10.0. The van der Waals surface area contributed by atoms with Crippen molar-refractivity contribution in [3.63, 3.8) is 0 Å². The Bertz CT molecular complexity index is 445. The first-order valence-corrected chi connectivity index (χ1v) is 6.39. The molecule has 0 N–H and O–H groups in total. The van der Waals surface area contributed by atoms with Gasteiger partial charge < -0.3 is 4.90 Å². The Morgan fingerprint density at radius 2 is 1.94 bits per heavy atom. The monoisotopic (exact) mass is 294 g/mol. The molecule has 17 heavy (non-hydrogen) atoms. The molecule has 1 aromatic rings. The summed E-state index contributed by atoms with van der Waals surface area (Å²) in [5.41, 5.74) is 0.912. The van der Waals surface area contributed by atoms with Crippen molar-refractivity contribution < 1.29 is 4.79 Å². The third-order valence-corrected chi connectivity index (χ3v) is 4.17. The molecular weight excluding hydrogens is 280 g/mol. The topological polar surface area (TPSA) is 44.1 Å². The van der Waals surface area contributed by atoms with Crippen molar-refractivity contribution in [2.75, 3.05) is 12.4 Å². The molecule has 0 atom stereocenters. The van der Waals surface area contributed by atoms with Crippen LogP contribution in [-0.2, 0) is 0 Å². The molecule has 1 amide bonds. The van der Waals surface area contributed by atoms with Gasteiger partial charge in [0.25, 0.3) is 5.91 Å². The summed E-state index contributed by atoms with van der Waals surface area (Å²) in [4.78, 5) is 13.9. The Morgan fingerprint density at radius 1 is 1.41 bits per heavy atom. The molecule has 0 saturated heterocycles. The summed E-state index contributed by atoms with van der Waals surface area (Å²) in [6.07, 6.45) is 0. The fourth-order valence-electron chi connectivity index (χ4n) is 1.25. The molecule has 0 aliphatic rings. The number of amides is 1. The van der Waals surface area contributed by atoms with Gasteiger partial charge in [0.05, 0.1) is 11.6 Å². The van der Waals surface area contributed by atoms with Crippen molar-refractivity contribution in [2.45, 2.75) is 19.4 Å². The number of carbonyl (C=O) groups is 1. The van der Waals surface area contributed by atoms with Gasteiger partial charge in [-0.2, -0.15) is 5.26 Å². The lowest BCUT2D eigenvalue weighted by Crippen LogP contribution is -2.46. The molecule has 0 bridgehead atoms. The molecule has 0 aliphatic heterocycles. The van der Waals surface area contributed by atoms with Gasteiger partial charge in [0, 0.05) is 23.5 Å². The summed E-state index contributed by atoms with van der Waals surface area (Å²) >= 11 is 3.40. The van der Waals surface area contributed by atoms with E-state index in [1.165, 1.54) is 0 Å². The first kappa shape index (κ1) is 13.7. The first-order valence-electron chi connectivity index (χ1n) is 5.26. The number of benzene rings is 1.